The molecule has 0 spiro atoms. The van der Waals surface area contributed by atoms with Gasteiger partial charge in [-0.1, -0.05) is 26.5 Å². The van der Waals surface area contributed by atoms with Crippen molar-refractivity contribution >= 4 is 17.9 Å². The molecular weight excluding hydrogens is 464 g/mol. The first kappa shape index (κ1) is 29.5. The Morgan fingerprint density at radius 2 is 1.94 bits per heavy atom. The van der Waals surface area contributed by atoms with Gasteiger partial charge in [0, 0.05) is 33.2 Å². The van der Waals surface area contributed by atoms with Crippen molar-refractivity contribution < 1.29 is 18.4 Å². The lowest BCUT2D eigenvalue weighted by Crippen LogP contribution is -2.45. The molecule has 7 nitrogen and oxygen atoms in total. The fourth-order valence-corrected chi connectivity index (χ4v) is 5.15. The molecule has 2 rings (SSSR count). The highest BCUT2D eigenvalue weighted by Crippen LogP contribution is 2.51. The average molecular weight is 504 g/mol. The largest absolute Gasteiger partial charge is 0.342 e. The second-order valence-corrected chi connectivity index (χ2v) is 9.77. The van der Waals surface area contributed by atoms with E-state index in [-0.39, 0.29) is 47.5 Å². The third-order valence-electron chi connectivity index (χ3n) is 7.26. The molecule has 0 aliphatic heterocycles. The van der Waals surface area contributed by atoms with Crippen molar-refractivity contribution in [3.8, 4) is 0 Å². The zero-order chi connectivity index (χ0) is 26.9. The molecule has 2 N–H and O–H groups in total. The smallest absolute Gasteiger partial charge is 0.236 e. The van der Waals surface area contributed by atoms with Gasteiger partial charge in [-0.25, -0.2) is 8.78 Å². The standard InChI is InChI=1S/C27H39F2N5O2/c1-6-34(25(36)18-33(13-12-30)14-15-35)17-20-10-11-21(27(20,3)4)19(2)16-24(32-31-5)26-22(28)8-7-9-23(26)29/h7-9,15-16,20-21H,2,6,10-14,17-18,30H2,1,3-5H3/b24-16-,32-31?/t20-,21-/m0/s1. The van der Waals surface area contributed by atoms with Crippen LogP contribution >= 0.6 is 0 Å². The summed E-state index contributed by atoms with van der Waals surface area (Å²) in [6.07, 6.45) is 4.12. The highest BCUT2D eigenvalue weighted by molar-refractivity contribution is 5.78. The second-order valence-electron chi connectivity index (χ2n) is 9.77. The minimum atomic E-state index is -0.708. The van der Waals surface area contributed by atoms with Crippen molar-refractivity contribution in [1.29, 1.82) is 0 Å². The van der Waals surface area contributed by atoms with Gasteiger partial charge >= 0.3 is 0 Å². The summed E-state index contributed by atoms with van der Waals surface area (Å²) >= 11 is 0. The van der Waals surface area contributed by atoms with Crippen LogP contribution in [0.4, 0.5) is 8.78 Å². The quantitative estimate of drug-likeness (QED) is 0.247. The number of likely N-dealkylation sites (N-methyl/N-ethyl adjacent to an activating group) is 1. The number of amides is 1. The molecule has 0 radical (unpaired) electrons. The average Bonchev–Trinajstić information content (AvgIpc) is 3.11. The van der Waals surface area contributed by atoms with E-state index >= 15 is 0 Å². The molecule has 9 heteroatoms. The van der Waals surface area contributed by atoms with E-state index in [0.29, 0.717) is 26.2 Å². The molecule has 0 heterocycles. The maximum atomic E-state index is 14.4. The Hall–Kier alpha value is -2.78. The van der Waals surface area contributed by atoms with E-state index in [9.17, 15) is 18.4 Å². The van der Waals surface area contributed by atoms with Crippen molar-refractivity contribution in [1.82, 2.24) is 9.80 Å². The number of hydrogen-bond acceptors (Lipinski definition) is 6. The van der Waals surface area contributed by atoms with Crippen LogP contribution in [0.2, 0.25) is 0 Å². The number of rotatable bonds is 13. The maximum absolute atomic E-state index is 14.4. The number of benzene rings is 1. The first-order chi connectivity index (χ1) is 17.1. The van der Waals surface area contributed by atoms with Gasteiger partial charge in [0.05, 0.1) is 24.4 Å². The molecule has 198 valence electrons. The molecule has 0 saturated heterocycles. The van der Waals surface area contributed by atoms with Crippen molar-refractivity contribution in [3.63, 3.8) is 0 Å². The second kappa shape index (κ2) is 13.5. The number of halogens is 2. The zero-order valence-corrected chi connectivity index (χ0v) is 21.8. The lowest BCUT2D eigenvalue weighted by molar-refractivity contribution is -0.133. The lowest BCUT2D eigenvalue weighted by Gasteiger charge is -2.37. The highest BCUT2D eigenvalue weighted by Gasteiger charge is 2.44. The fraction of sp³-hybridized carbons (Fsp3) is 0.556. The Labute approximate surface area is 213 Å². The number of carbonyl (C=O) groups excluding carboxylic acids is 2. The molecule has 1 aliphatic carbocycles. The molecule has 2 atom stereocenters. The van der Waals surface area contributed by atoms with Crippen molar-refractivity contribution in [2.75, 3.05) is 46.3 Å². The Balaban J connectivity index is 2.20. The summed E-state index contributed by atoms with van der Waals surface area (Å²) in [5.74, 6) is -1.21. The number of aldehydes is 1. The Morgan fingerprint density at radius 1 is 1.28 bits per heavy atom. The lowest BCUT2D eigenvalue weighted by atomic mass is 9.72. The molecule has 36 heavy (non-hydrogen) atoms. The Kier molecular flexibility index (Phi) is 11.0. The number of hydrogen-bond donors (Lipinski definition) is 1. The molecule has 0 unspecified atom stereocenters. The highest BCUT2D eigenvalue weighted by atomic mass is 19.1. The topological polar surface area (TPSA) is 91.4 Å². The van der Waals surface area contributed by atoms with E-state index in [1.54, 1.807) is 11.0 Å². The van der Waals surface area contributed by atoms with Crippen LogP contribution < -0.4 is 5.73 Å². The van der Waals surface area contributed by atoms with Crippen LogP contribution in [0.5, 0.6) is 0 Å². The van der Waals surface area contributed by atoms with Crippen LogP contribution in [-0.2, 0) is 9.59 Å². The van der Waals surface area contributed by atoms with Crippen molar-refractivity contribution in [2.45, 2.75) is 33.6 Å². The van der Waals surface area contributed by atoms with Crippen LogP contribution in [0.3, 0.4) is 0 Å². The van der Waals surface area contributed by atoms with Crippen molar-refractivity contribution in [2.24, 2.45) is 33.2 Å². The van der Waals surface area contributed by atoms with E-state index in [1.165, 1.54) is 25.2 Å². The summed E-state index contributed by atoms with van der Waals surface area (Å²) in [6.45, 7) is 12.8. The molecule has 1 aromatic rings. The summed E-state index contributed by atoms with van der Waals surface area (Å²) in [6, 6.07) is 3.69. The predicted octanol–water partition coefficient (Wildman–Crippen LogP) is 4.30. The molecule has 1 aliphatic rings. The van der Waals surface area contributed by atoms with Gasteiger partial charge in [0.25, 0.3) is 0 Å². The van der Waals surface area contributed by atoms with E-state index in [4.69, 9.17) is 5.73 Å². The molecule has 1 fully saturated rings. The van der Waals surface area contributed by atoms with Gasteiger partial charge in [-0.05, 0) is 60.8 Å². The predicted molar refractivity (Wildman–Crippen MR) is 138 cm³/mol. The van der Waals surface area contributed by atoms with Crippen LogP contribution in [0.25, 0.3) is 5.70 Å². The minimum absolute atomic E-state index is 0.0357. The fourth-order valence-electron chi connectivity index (χ4n) is 5.15. The number of allylic oxidation sites excluding steroid dienone is 2. The van der Waals surface area contributed by atoms with Crippen LogP contribution in [0.1, 0.15) is 39.2 Å². The summed E-state index contributed by atoms with van der Waals surface area (Å²) in [5, 5.41) is 7.74. The molecule has 1 aromatic carbocycles. The van der Waals surface area contributed by atoms with Gasteiger partial charge in [-0.2, -0.15) is 10.2 Å². The summed E-state index contributed by atoms with van der Waals surface area (Å²) in [5.41, 5.74) is 5.99. The third-order valence-corrected chi connectivity index (χ3v) is 7.26. The van der Waals surface area contributed by atoms with Crippen molar-refractivity contribution in [3.05, 3.63) is 53.6 Å². The van der Waals surface area contributed by atoms with Gasteiger partial charge < -0.3 is 15.4 Å². The number of nitrogens with two attached hydrogens (primary N) is 1. The van der Waals surface area contributed by atoms with E-state index < -0.39 is 11.6 Å². The van der Waals surface area contributed by atoms with Crippen LogP contribution in [-0.4, -0.2) is 68.3 Å². The number of nitrogens with zero attached hydrogens (tertiary/aromatic N) is 4. The van der Waals surface area contributed by atoms with Gasteiger partial charge in [0.1, 0.15) is 17.9 Å². The molecule has 1 amide bonds. The SMILES string of the molecule is C=C(/C=C(\N=NC)c1c(F)cccc1F)[C@@H]1CC[C@@H](CN(CC)C(=O)CN(CC=O)CCN)C1(C)C. The maximum Gasteiger partial charge on any atom is 0.236 e. The molecular formula is C27H39F2N5O2. The van der Waals surface area contributed by atoms with Gasteiger partial charge in [-0.15, -0.1) is 0 Å². The van der Waals surface area contributed by atoms with E-state index in [2.05, 4.69) is 30.7 Å². The van der Waals surface area contributed by atoms with E-state index in [1.807, 2.05) is 11.8 Å². The third kappa shape index (κ3) is 7.13. The minimum Gasteiger partial charge on any atom is -0.342 e. The summed E-state index contributed by atoms with van der Waals surface area (Å²) < 4.78 is 28.9. The summed E-state index contributed by atoms with van der Waals surface area (Å²) in [4.78, 5) is 27.5. The van der Waals surface area contributed by atoms with E-state index in [0.717, 1.165) is 24.7 Å². The zero-order valence-electron chi connectivity index (χ0n) is 21.8. The van der Waals surface area contributed by atoms with Crippen LogP contribution in [0, 0.1) is 28.9 Å². The Morgan fingerprint density at radius 3 is 2.50 bits per heavy atom. The number of carbonyl (C=O) groups is 2. The van der Waals surface area contributed by atoms with Gasteiger partial charge in [0.15, 0.2) is 0 Å². The molecule has 0 bridgehead atoms. The van der Waals surface area contributed by atoms with Gasteiger partial charge in [-0.3, -0.25) is 9.69 Å². The van der Waals surface area contributed by atoms with Gasteiger partial charge in [0.2, 0.25) is 5.91 Å². The first-order valence-electron chi connectivity index (χ1n) is 12.4. The number of azo groups is 1. The molecule has 0 aromatic heterocycles. The monoisotopic (exact) mass is 503 g/mol. The first-order valence-corrected chi connectivity index (χ1v) is 12.4. The normalized spacial score (nSPS) is 19.7. The molecule has 1 saturated carbocycles. The van der Waals surface area contributed by atoms with Crippen LogP contribution in [0.15, 0.2) is 46.7 Å². The Bertz CT molecular complexity index is 972. The summed E-state index contributed by atoms with van der Waals surface area (Å²) in [7, 11) is 1.45.